The van der Waals surface area contributed by atoms with Gasteiger partial charge in [0, 0.05) is 6.54 Å². The Morgan fingerprint density at radius 1 is 1.38 bits per heavy atom. The van der Waals surface area contributed by atoms with E-state index in [4.69, 9.17) is 4.74 Å². The zero-order chi connectivity index (χ0) is 18.9. The van der Waals surface area contributed by atoms with E-state index in [9.17, 15) is 14.4 Å². The van der Waals surface area contributed by atoms with Crippen LogP contribution < -0.4 is 15.4 Å². The molecule has 7 nitrogen and oxygen atoms in total. The van der Waals surface area contributed by atoms with E-state index in [0.29, 0.717) is 13.0 Å². The summed E-state index contributed by atoms with van der Waals surface area (Å²) in [6, 6.07) is 5.40. The van der Waals surface area contributed by atoms with Gasteiger partial charge in [0.15, 0.2) is 0 Å². The molecule has 0 radical (unpaired) electrons. The lowest BCUT2D eigenvalue weighted by atomic mass is 9.96. The fraction of sp³-hybridized carbons (Fsp3) is 0.526. The highest BCUT2D eigenvalue weighted by Gasteiger charge is 2.56. The molecule has 2 N–H and O–H groups in total. The number of nitrogens with one attached hydrogen (secondary N) is 2. The quantitative estimate of drug-likeness (QED) is 0.720. The molecule has 140 valence electrons. The highest BCUT2D eigenvalue weighted by Crippen LogP contribution is 2.42. The zero-order valence-electron chi connectivity index (χ0n) is 15.4. The van der Waals surface area contributed by atoms with Crippen molar-refractivity contribution in [2.45, 2.75) is 38.6 Å². The Labute approximate surface area is 153 Å². The van der Waals surface area contributed by atoms with E-state index in [1.807, 2.05) is 25.1 Å². The molecule has 1 saturated carbocycles. The van der Waals surface area contributed by atoms with Gasteiger partial charge in [-0.1, -0.05) is 17.7 Å². The summed E-state index contributed by atoms with van der Waals surface area (Å²) in [5.41, 5.74) is 1.27. The number of amides is 4. The van der Waals surface area contributed by atoms with Crippen molar-refractivity contribution in [3.63, 3.8) is 0 Å². The fourth-order valence-corrected chi connectivity index (χ4v) is 3.44. The van der Waals surface area contributed by atoms with Crippen LogP contribution in [-0.4, -0.2) is 48.5 Å². The highest BCUT2D eigenvalue weighted by molar-refractivity contribution is 6.09. The van der Waals surface area contributed by atoms with Crippen LogP contribution in [0.15, 0.2) is 18.2 Å². The van der Waals surface area contributed by atoms with Gasteiger partial charge in [0.25, 0.3) is 5.91 Å². The number of carbonyl (C=O) groups excluding carboxylic acids is 3. The van der Waals surface area contributed by atoms with Crippen molar-refractivity contribution in [2.24, 2.45) is 5.92 Å². The van der Waals surface area contributed by atoms with Crippen LogP contribution in [0.5, 0.6) is 5.75 Å². The number of hydrogen-bond donors (Lipinski definition) is 2. The monoisotopic (exact) mass is 359 g/mol. The van der Waals surface area contributed by atoms with Gasteiger partial charge in [0.1, 0.15) is 17.8 Å². The lowest BCUT2D eigenvalue weighted by molar-refractivity contribution is -0.135. The van der Waals surface area contributed by atoms with Crippen molar-refractivity contribution in [1.82, 2.24) is 15.5 Å². The summed E-state index contributed by atoms with van der Waals surface area (Å²) in [4.78, 5) is 37.8. The van der Waals surface area contributed by atoms with E-state index in [0.717, 1.165) is 34.6 Å². The van der Waals surface area contributed by atoms with E-state index in [-0.39, 0.29) is 24.3 Å². The maximum absolute atomic E-state index is 12.5. The summed E-state index contributed by atoms with van der Waals surface area (Å²) in [6.45, 7) is 3.89. The number of imide groups is 1. The smallest absolute Gasteiger partial charge is 0.325 e. The molecule has 7 heteroatoms. The maximum atomic E-state index is 12.5. The third-order valence-corrected chi connectivity index (χ3v) is 5.15. The molecule has 0 bridgehead atoms. The second-order valence-corrected chi connectivity index (χ2v) is 7.21. The topological polar surface area (TPSA) is 87.7 Å². The molecule has 1 aromatic carbocycles. The summed E-state index contributed by atoms with van der Waals surface area (Å²) in [7, 11) is 1.61. The van der Waals surface area contributed by atoms with Crippen LogP contribution in [0.2, 0.25) is 0 Å². The van der Waals surface area contributed by atoms with Crippen LogP contribution in [0, 0.1) is 12.8 Å². The van der Waals surface area contributed by atoms with Gasteiger partial charge in [0.2, 0.25) is 5.91 Å². The van der Waals surface area contributed by atoms with Crippen LogP contribution in [0.3, 0.4) is 0 Å². The number of aryl methyl sites for hydroxylation is 1. The first-order valence-corrected chi connectivity index (χ1v) is 8.89. The molecule has 0 spiro atoms. The minimum Gasteiger partial charge on any atom is -0.496 e. The molecular weight excluding hydrogens is 334 g/mol. The first-order valence-electron chi connectivity index (χ1n) is 8.89. The van der Waals surface area contributed by atoms with Gasteiger partial charge >= 0.3 is 6.03 Å². The Hall–Kier alpha value is -2.57. The van der Waals surface area contributed by atoms with Gasteiger partial charge in [-0.25, -0.2) is 4.79 Å². The SMILES string of the molecule is COc1ccc(C)cc1CCNC(=O)CN1C(=O)NC(C)(C2CC2)C1=O. The predicted octanol–water partition coefficient (Wildman–Crippen LogP) is 1.38. The fourth-order valence-electron chi connectivity index (χ4n) is 3.44. The molecule has 4 amide bonds. The lowest BCUT2D eigenvalue weighted by Crippen LogP contribution is -2.47. The number of nitrogens with zero attached hydrogens (tertiary/aromatic N) is 1. The molecule has 1 atom stereocenters. The largest absolute Gasteiger partial charge is 0.496 e. The van der Waals surface area contributed by atoms with Gasteiger partial charge in [-0.05, 0) is 50.7 Å². The van der Waals surface area contributed by atoms with Gasteiger partial charge in [-0.15, -0.1) is 0 Å². The predicted molar refractivity (Wildman–Crippen MR) is 95.8 cm³/mol. The van der Waals surface area contributed by atoms with E-state index in [1.54, 1.807) is 14.0 Å². The number of ether oxygens (including phenoxy) is 1. The number of urea groups is 1. The average molecular weight is 359 g/mol. The second kappa shape index (κ2) is 6.97. The van der Waals surface area contributed by atoms with Gasteiger partial charge in [-0.3, -0.25) is 14.5 Å². The van der Waals surface area contributed by atoms with E-state index >= 15 is 0 Å². The molecule has 2 aliphatic rings. The Bertz CT molecular complexity index is 744. The first-order chi connectivity index (χ1) is 12.3. The van der Waals surface area contributed by atoms with Crippen molar-refractivity contribution in [2.75, 3.05) is 20.2 Å². The van der Waals surface area contributed by atoms with Crippen LogP contribution in [0.25, 0.3) is 0 Å². The van der Waals surface area contributed by atoms with Crippen LogP contribution in [-0.2, 0) is 16.0 Å². The number of carbonyl (C=O) groups is 3. The standard InChI is InChI=1S/C19H25N3O4/c1-12-4-7-15(26-3)13(10-12)8-9-20-16(23)11-22-17(24)19(2,14-5-6-14)21-18(22)25/h4,7,10,14H,5-6,8-9,11H2,1-3H3,(H,20,23)(H,21,25). The van der Waals surface area contributed by atoms with E-state index < -0.39 is 11.6 Å². The Balaban J connectivity index is 1.53. The molecule has 1 heterocycles. The molecule has 2 fully saturated rings. The molecule has 0 aromatic heterocycles. The van der Waals surface area contributed by atoms with Gasteiger partial charge in [0.05, 0.1) is 7.11 Å². The average Bonchev–Trinajstić information content (AvgIpc) is 3.41. The minimum atomic E-state index is -0.855. The number of hydrogen-bond acceptors (Lipinski definition) is 4. The van der Waals surface area contributed by atoms with Gasteiger partial charge < -0.3 is 15.4 Å². The number of methoxy groups -OCH3 is 1. The summed E-state index contributed by atoms with van der Waals surface area (Å²) in [6.07, 6.45) is 2.47. The van der Waals surface area contributed by atoms with Gasteiger partial charge in [-0.2, -0.15) is 0 Å². The summed E-state index contributed by atoms with van der Waals surface area (Å²) in [5, 5.41) is 5.52. The molecule has 1 aliphatic carbocycles. The molecular formula is C19H25N3O4. The van der Waals surface area contributed by atoms with Crippen LogP contribution in [0.4, 0.5) is 4.79 Å². The Kier molecular flexibility index (Phi) is 4.89. The molecule has 1 aromatic rings. The van der Waals surface area contributed by atoms with Crippen LogP contribution >= 0.6 is 0 Å². The molecule has 26 heavy (non-hydrogen) atoms. The highest BCUT2D eigenvalue weighted by atomic mass is 16.5. The van der Waals surface area contributed by atoms with E-state index in [2.05, 4.69) is 10.6 Å². The second-order valence-electron chi connectivity index (χ2n) is 7.21. The Morgan fingerprint density at radius 2 is 2.12 bits per heavy atom. The van der Waals surface area contributed by atoms with Crippen molar-refractivity contribution in [1.29, 1.82) is 0 Å². The molecule has 1 saturated heterocycles. The van der Waals surface area contributed by atoms with E-state index in [1.165, 1.54) is 0 Å². The maximum Gasteiger partial charge on any atom is 0.325 e. The summed E-state index contributed by atoms with van der Waals surface area (Å²) >= 11 is 0. The molecule has 3 rings (SSSR count). The third-order valence-electron chi connectivity index (χ3n) is 5.15. The molecule has 1 aliphatic heterocycles. The first kappa shape index (κ1) is 18.2. The van der Waals surface area contributed by atoms with Crippen molar-refractivity contribution in [3.05, 3.63) is 29.3 Å². The normalized spacial score (nSPS) is 22.3. The number of benzene rings is 1. The summed E-state index contributed by atoms with van der Waals surface area (Å²) < 4.78 is 5.33. The number of rotatable bonds is 7. The zero-order valence-corrected chi connectivity index (χ0v) is 15.4. The minimum absolute atomic E-state index is 0.181. The van der Waals surface area contributed by atoms with Crippen molar-refractivity contribution < 1.29 is 19.1 Å². The summed E-state index contributed by atoms with van der Waals surface area (Å²) in [5.74, 6) is 0.306. The Morgan fingerprint density at radius 3 is 2.77 bits per heavy atom. The lowest BCUT2D eigenvalue weighted by Gasteiger charge is -2.20. The molecule has 1 unspecified atom stereocenters. The van der Waals surface area contributed by atoms with Crippen LogP contribution in [0.1, 0.15) is 30.9 Å². The third kappa shape index (κ3) is 3.52. The van der Waals surface area contributed by atoms with Crippen molar-refractivity contribution >= 4 is 17.8 Å². The van der Waals surface area contributed by atoms with Crippen molar-refractivity contribution in [3.8, 4) is 5.75 Å².